The van der Waals surface area contributed by atoms with Gasteiger partial charge in [-0.25, -0.2) is 9.97 Å². The highest BCUT2D eigenvalue weighted by Crippen LogP contribution is 2.16. The highest BCUT2D eigenvalue weighted by Gasteiger charge is 2.01. The number of ether oxygens (including phenoxy) is 3. The average molecular weight is 233 g/mol. The van der Waals surface area contributed by atoms with Crippen LogP contribution in [0.15, 0.2) is 12.4 Å². The van der Waals surface area contributed by atoms with Gasteiger partial charge in [0.2, 0.25) is 0 Å². The lowest BCUT2D eigenvalue weighted by Gasteiger charge is -2.06. The van der Waals surface area contributed by atoms with Crippen molar-refractivity contribution < 1.29 is 14.2 Å². The first-order valence-electron chi connectivity index (χ1n) is 4.50. The first kappa shape index (κ1) is 12.2. The maximum Gasteiger partial charge on any atom is 0.252 e. The van der Waals surface area contributed by atoms with E-state index in [1.807, 2.05) is 0 Å². The van der Waals surface area contributed by atoms with Crippen molar-refractivity contribution in [2.45, 2.75) is 0 Å². The number of halogens is 1. The largest absolute Gasteiger partial charge is 0.473 e. The van der Waals surface area contributed by atoms with E-state index < -0.39 is 0 Å². The first-order valence-corrected chi connectivity index (χ1v) is 4.88. The molecule has 5 nitrogen and oxygen atoms in total. The number of aromatic nitrogens is 2. The van der Waals surface area contributed by atoms with Crippen molar-refractivity contribution in [1.82, 2.24) is 9.97 Å². The van der Waals surface area contributed by atoms with Gasteiger partial charge in [-0.1, -0.05) is 11.6 Å². The normalized spacial score (nSPS) is 10.3. The lowest BCUT2D eigenvalue weighted by molar-refractivity contribution is 0.0536. The summed E-state index contributed by atoms with van der Waals surface area (Å²) in [4.78, 5) is 7.74. The molecule has 0 N–H and O–H groups in total. The molecule has 0 aliphatic rings. The minimum absolute atomic E-state index is 0.259. The monoisotopic (exact) mass is 232 g/mol. The fourth-order valence-electron chi connectivity index (χ4n) is 0.847. The van der Waals surface area contributed by atoms with Crippen molar-refractivity contribution >= 4 is 11.6 Å². The molecule has 0 unspecified atom stereocenters. The third-order valence-electron chi connectivity index (χ3n) is 1.52. The van der Waals surface area contributed by atoms with Gasteiger partial charge >= 0.3 is 0 Å². The minimum Gasteiger partial charge on any atom is -0.473 e. The van der Waals surface area contributed by atoms with Crippen molar-refractivity contribution in [3.63, 3.8) is 0 Å². The Morgan fingerprint density at radius 1 is 1.13 bits per heavy atom. The van der Waals surface area contributed by atoms with Crippen LogP contribution in [-0.2, 0) is 9.47 Å². The van der Waals surface area contributed by atoms with Crippen molar-refractivity contribution in [3.05, 3.63) is 17.5 Å². The minimum atomic E-state index is 0.259. The number of hydrogen-bond donors (Lipinski definition) is 0. The van der Waals surface area contributed by atoms with Crippen LogP contribution in [-0.4, -0.2) is 43.5 Å². The van der Waals surface area contributed by atoms with Crippen LogP contribution in [0, 0.1) is 0 Å². The molecule has 84 valence electrons. The molecule has 0 aliphatic heterocycles. The maximum absolute atomic E-state index is 5.73. The summed E-state index contributed by atoms with van der Waals surface area (Å²) in [7, 11) is 1.62. The van der Waals surface area contributed by atoms with Crippen LogP contribution in [0.3, 0.4) is 0 Å². The highest BCUT2D eigenvalue weighted by molar-refractivity contribution is 6.30. The molecule has 0 amide bonds. The molecule has 0 radical (unpaired) electrons. The van der Waals surface area contributed by atoms with E-state index in [2.05, 4.69) is 9.97 Å². The van der Waals surface area contributed by atoms with Crippen LogP contribution >= 0.6 is 11.6 Å². The maximum atomic E-state index is 5.73. The van der Waals surface area contributed by atoms with Crippen molar-refractivity contribution in [3.8, 4) is 5.88 Å². The number of methoxy groups -OCH3 is 1. The molecule has 6 heteroatoms. The summed E-state index contributed by atoms with van der Waals surface area (Å²) in [6.45, 7) is 1.98. The molecule has 0 spiro atoms. The topological polar surface area (TPSA) is 53.5 Å². The van der Waals surface area contributed by atoms with Crippen LogP contribution in [0.4, 0.5) is 0 Å². The van der Waals surface area contributed by atoms with Crippen molar-refractivity contribution in [2.75, 3.05) is 33.5 Å². The molecule has 1 rings (SSSR count). The van der Waals surface area contributed by atoms with E-state index in [4.69, 9.17) is 25.8 Å². The molecular weight excluding hydrogens is 220 g/mol. The quantitative estimate of drug-likeness (QED) is 0.661. The lowest BCUT2D eigenvalue weighted by atomic mass is 10.7. The molecule has 0 aliphatic carbocycles. The predicted molar refractivity (Wildman–Crippen MR) is 55.2 cm³/mol. The smallest absolute Gasteiger partial charge is 0.252 e. The van der Waals surface area contributed by atoms with Gasteiger partial charge in [0.15, 0.2) is 5.15 Å². The van der Waals surface area contributed by atoms with Gasteiger partial charge in [0, 0.05) is 19.5 Å². The Labute approximate surface area is 93.3 Å². The Morgan fingerprint density at radius 2 is 1.87 bits per heavy atom. The van der Waals surface area contributed by atoms with Gasteiger partial charge in [-0.05, 0) is 0 Å². The number of nitrogens with zero attached hydrogens (tertiary/aromatic N) is 2. The van der Waals surface area contributed by atoms with Crippen LogP contribution in [0.1, 0.15) is 0 Å². The molecule has 0 bridgehead atoms. The van der Waals surface area contributed by atoms with Crippen molar-refractivity contribution in [2.24, 2.45) is 0 Å². The average Bonchev–Trinajstić information content (AvgIpc) is 2.25. The molecule has 0 saturated heterocycles. The van der Waals surface area contributed by atoms with Crippen LogP contribution in [0.2, 0.25) is 5.15 Å². The van der Waals surface area contributed by atoms with E-state index in [0.29, 0.717) is 32.3 Å². The van der Waals surface area contributed by atoms with Gasteiger partial charge in [-0.15, -0.1) is 0 Å². The summed E-state index contributed by atoms with van der Waals surface area (Å²) >= 11 is 5.73. The summed E-state index contributed by atoms with van der Waals surface area (Å²) in [5, 5.41) is 0.259. The molecule has 15 heavy (non-hydrogen) atoms. The Bertz CT molecular complexity index is 286. The molecule has 0 fully saturated rings. The van der Waals surface area contributed by atoms with E-state index >= 15 is 0 Å². The molecule has 1 aromatic heterocycles. The Balaban J connectivity index is 2.12. The second kappa shape index (κ2) is 7.39. The fourth-order valence-corrected chi connectivity index (χ4v) is 1.01. The predicted octanol–water partition coefficient (Wildman–Crippen LogP) is 1.17. The Hall–Kier alpha value is -0.910. The second-order valence-electron chi connectivity index (χ2n) is 2.61. The molecular formula is C9H13ClN2O3. The third-order valence-corrected chi connectivity index (χ3v) is 1.78. The summed E-state index contributed by atoms with van der Waals surface area (Å²) in [6.07, 6.45) is 3.03. The van der Waals surface area contributed by atoms with E-state index in [1.54, 1.807) is 7.11 Å². The zero-order valence-corrected chi connectivity index (χ0v) is 9.24. The van der Waals surface area contributed by atoms with Gasteiger partial charge in [0.05, 0.1) is 19.8 Å². The molecule has 0 atom stereocenters. The highest BCUT2D eigenvalue weighted by atomic mass is 35.5. The first-order chi connectivity index (χ1) is 7.34. The van der Waals surface area contributed by atoms with Gasteiger partial charge in [0.1, 0.15) is 6.61 Å². The van der Waals surface area contributed by atoms with Crippen LogP contribution < -0.4 is 4.74 Å². The van der Waals surface area contributed by atoms with Gasteiger partial charge in [-0.3, -0.25) is 0 Å². The Morgan fingerprint density at radius 3 is 2.60 bits per heavy atom. The summed E-state index contributed by atoms with van der Waals surface area (Å²) in [6, 6.07) is 0. The fraction of sp³-hybridized carbons (Fsp3) is 0.556. The number of hydrogen-bond acceptors (Lipinski definition) is 5. The van der Waals surface area contributed by atoms with E-state index in [9.17, 15) is 0 Å². The number of rotatable bonds is 7. The lowest BCUT2D eigenvalue weighted by Crippen LogP contribution is -2.10. The zero-order chi connectivity index (χ0) is 10.9. The van der Waals surface area contributed by atoms with Crippen LogP contribution in [0.5, 0.6) is 5.88 Å². The summed E-state index contributed by atoms with van der Waals surface area (Å²) < 4.78 is 15.3. The van der Waals surface area contributed by atoms with E-state index in [1.165, 1.54) is 12.4 Å². The van der Waals surface area contributed by atoms with Gasteiger partial charge in [0.25, 0.3) is 5.88 Å². The SMILES string of the molecule is COCCOCCOc1nccnc1Cl. The Kier molecular flexibility index (Phi) is 5.99. The third kappa shape index (κ3) is 4.92. The van der Waals surface area contributed by atoms with E-state index in [0.717, 1.165) is 0 Å². The van der Waals surface area contributed by atoms with Gasteiger partial charge < -0.3 is 14.2 Å². The zero-order valence-electron chi connectivity index (χ0n) is 8.48. The van der Waals surface area contributed by atoms with Crippen molar-refractivity contribution in [1.29, 1.82) is 0 Å². The molecule has 0 saturated carbocycles. The molecule has 1 aromatic rings. The molecule has 0 aromatic carbocycles. The van der Waals surface area contributed by atoms with Crippen LogP contribution in [0.25, 0.3) is 0 Å². The van der Waals surface area contributed by atoms with E-state index in [-0.39, 0.29) is 5.15 Å². The molecule has 1 heterocycles. The van der Waals surface area contributed by atoms with Gasteiger partial charge in [-0.2, -0.15) is 0 Å². The standard InChI is InChI=1S/C9H13ClN2O3/c1-13-4-5-14-6-7-15-9-8(10)11-2-3-12-9/h2-3H,4-7H2,1H3. The summed E-state index contributed by atoms with van der Waals surface area (Å²) in [5.41, 5.74) is 0. The summed E-state index contributed by atoms with van der Waals surface area (Å²) in [5.74, 6) is 0.328. The second-order valence-corrected chi connectivity index (χ2v) is 2.96.